The second-order valence-electron chi connectivity index (χ2n) is 4.99. The van der Waals surface area contributed by atoms with Crippen LogP contribution in [0, 0.1) is 0 Å². The molecule has 0 fully saturated rings. The van der Waals surface area contributed by atoms with Gasteiger partial charge in [0.1, 0.15) is 0 Å². The van der Waals surface area contributed by atoms with Gasteiger partial charge in [-0.05, 0) is 18.2 Å². The van der Waals surface area contributed by atoms with E-state index in [0.29, 0.717) is 43.5 Å². The van der Waals surface area contributed by atoms with Gasteiger partial charge >= 0.3 is 0 Å². The lowest BCUT2D eigenvalue weighted by atomic mass is 10.1. The molecule has 4 heteroatoms. The molecule has 1 aliphatic rings. The number of nitrogens with one attached hydrogen (secondary N) is 1. The van der Waals surface area contributed by atoms with Gasteiger partial charge in [-0.1, -0.05) is 13.8 Å². The van der Waals surface area contributed by atoms with Gasteiger partial charge in [-0.2, -0.15) is 0 Å². The van der Waals surface area contributed by atoms with Crippen LogP contribution in [0.5, 0.6) is 11.5 Å². The molecule has 1 aromatic carbocycles. The first-order chi connectivity index (χ1) is 9.16. The van der Waals surface area contributed by atoms with Crippen LogP contribution in [-0.4, -0.2) is 31.6 Å². The number of hydrogen-bond acceptors (Lipinski definition) is 4. The second kappa shape index (κ2) is 6.57. The van der Waals surface area contributed by atoms with E-state index in [4.69, 9.17) is 9.47 Å². The van der Waals surface area contributed by atoms with Crippen LogP contribution >= 0.6 is 0 Å². The Balaban J connectivity index is 2.00. The van der Waals surface area contributed by atoms with E-state index in [-0.39, 0.29) is 5.78 Å². The lowest BCUT2D eigenvalue weighted by Gasteiger charge is -2.10. The maximum Gasteiger partial charge on any atom is 0.164 e. The average Bonchev–Trinajstić information content (AvgIpc) is 2.62. The molecule has 0 aromatic heterocycles. The van der Waals surface area contributed by atoms with E-state index in [0.717, 1.165) is 12.2 Å². The first-order valence-electron chi connectivity index (χ1n) is 6.83. The van der Waals surface area contributed by atoms with Gasteiger partial charge in [0.2, 0.25) is 0 Å². The van der Waals surface area contributed by atoms with Crippen molar-refractivity contribution >= 4 is 5.78 Å². The SMILES string of the molecule is CC(C)NCCC(=O)c1ccc2c(c1)OCCCO2. The zero-order chi connectivity index (χ0) is 13.7. The average molecular weight is 263 g/mol. The molecule has 0 atom stereocenters. The van der Waals surface area contributed by atoms with Crippen molar-refractivity contribution in [2.75, 3.05) is 19.8 Å². The third-order valence-electron chi connectivity index (χ3n) is 2.97. The van der Waals surface area contributed by atoms with Gasteiger partial charge in [0.05, 0.1) is 13.2 Å². The zero-order valence-electron chi connectivity index (χ0n) is 11.6. The maximum atomic E-state index is 12.1. The normalized spacial score (nSPS) is 14.3. The minimum absolute atomic E-state index is 0.129. The molecule has 1 heterocycles. The molecule has 0 saturated carbocycles. The van der Waals surface area contributed by atoms with Crippen molar-refractivity contribution in [3.63, 3.8) is 0 Å². The lowest BCUT2D eigenvalue weighted by molar-refractivity contribution is 0.0981. The Kier molecular flexibility index (Phi) is 4.80. The summed E-state index contributed by atoms with van der Waals surface area (Å²) >= 11 is 0. The monoisotopic (exact) mass is 263 g/mol. The molecule has 2 rings (SSSR count). The number of carbonyl (C=O) groups is 1. The highest BCUT2D eigenvalue weighted by Crippen LogP contribution is 2.30. The minimum Gasteiger partial charge on any atom is -0.490 e. The predicted octanol–water partition coefficient (Wildman–Crippen LogP) is 2.42. The summed E-state index contributed by atoms with van der Waals surface area (Å²) in [7, 11) is 0. The van der Waals surface area contributed by atoms with Crippen molar-refractivity contribution in [3.8, 4) is 11.5 Å². The summed E-state index contributed by atoms with van der Waals surface area (Å²) in [6.07, 6.45) is 1.37. The number of Topliss-reactive ketones (excluding diaryl/α,β-unsaturated/α-hetero) is 1. The van der Waals surface area contributed by atoms with Crippen molar-refractivity contribution in [1.29, 1.82) is 0 Å². The first kappa shape index (κ1) is 13.9. The summed E-state index contributed by atoms with van der Waals surface area (Å²) in [6.45, 7) is 6.14. The Hall–Kier alpha value is -1.55. The third kappa shape index (κ3) is 3.96. The Labute approximate surface area is 114 Å². The van der Waals surface area contributed by atoms with E-state index in [2.05, 4.69) is 19.2 Å². The second-order valence-corrected chi connectivity index (χ2v) is 4.99. The number of ketones is 1. The molecule has 0 saturated heterocycles. The van der Waals surface area contributed by atoms with Crippen molar-refractivity contribution in [2.45, 2.75) is 32.7 Å². The number of benzene rings is 1. The van der Waals surface area contributed by atoms with Crippen LogP contribution in [0.1, 0.15) is 37.0 Å². The summed E-state index contributed by atoms with van der Waals surface area (Å²) in [6, 6.07) is 5.82. The van der Waals surface area contributed by atoms with E-state index >= 15 is 0 Å². The molecule has 1 aliphatic heterocycles. The van der Waals surface area contributed by atoms with Crippen LogP contribution in [0.3, 0.4) is 0 Å². The number of fused-ring (bicyclic) bond motifs is 1. The van der Waals surface area contributed by atoms with E-state index < -0.39 is 0 Å². The van der Waals surface area contributed by atoms with Gasteiger partial charge in [-0.25, -0.2) is 0 Å². The fraction of sp³-hybridized carbons (Fsp3) is 0.533. The van der Waals surface area contributed by atoms with Crippen LogP contribution < -0.4 is 14.8 Å². The van der Waals surface area contributed by atoms with Gasteiger partial charge in [-0.15, -0.1) is 0 Å². The quantitative estimate of drug-likeness (QED) is 0.829. The summed E-state index contributed by atoms with van der Waals surface area (Å²) in [5.41, 5.74) is 0.690. The van der Waals surface area contributed by atoms with Crippen LogP contribution in [0.4, 0.5) is 0 Å². The largest absolute Gasteiger partial charge is 0.490 e. The summed E-state index contributed by atoms with van der Waals surface area (Å²) in [5.74, 6) is 1.54. The maximum absolute atomic E-state index is 12.1. The molecule has 0 spiro atoms. The minimum atomic E-state index is 0.129. The number of ether oxygens (including phenoxy) is 2. The highest BCUT2D eigenvalue weighted by molar-refractivity contribution is 5.96. The Morgan fingerprint density at radius 2 is 2.00 bits per heavy atom. The standard InChI is InChI=1S/C15H21NO3/c1-11(2)16-7-6-13(17)12-4-5-14-15(10-12)19-9-3-8-18-14/h4-5,10-11,16H,3,6-9H2,1-2H3. The van der Waals surface area contributed by atoms with Crippen molar-refractivity contribution < 1.29 is 14.3 Å². The molecule has 1 N–H and O–H groups in total. The first-order valence-corrected chi connectivity index (χ1v) is 6.83. The number of rotatable bonds is 5. The summed E-state index contributed by atoms with van der Waals surface area (Å²) < 4.78 is 11.1. The van der Waals surface area contributed by atoms with E-state index in [9.17, 15) is 4.79 Å². The van der Waals surface area contributed by atoms with Crippen LogP contribution in [0.2, 0.25) is 0 Å². The van der Waals surface area contributed by atoms with Crippen LogP contribution in [0.15, 0.2) is 18.2 Å². The van der Waals surface area contributed by atoms with Crippen molar-refractivity contribution in [2.24, 2.45) is 0 Å². The molecule has 4 nitrogen and oxygen atoms in total. The molecule has 0 bridgehead atoms. The molecule has 0 unspecified atom stereocenters. The third-order valence-corrected chi connectivity index (χ3v) is 2.97. The van der Waals surface area contributed by atoms with Crippen molar-refractivity contribution in [3.05, 3.63) is 23.8 Å². The predicted molar refractivity (Wildman–Crippen MR) is 74.1 cm³/mol. The topological polar surface area (TPSA) is 47.6 Å². The smallest absolute Gasteiger partial charge is 0.164 e. The molecule has 0 amide bonds. The number of hydrogen-bond donors (Lipinski definition) is 1. The molecule has 0 radical (unpaired) electrons. The molecule has 19 heavy (non-hydrogen) atoms. The van der Waals surface area contributed by atoms with E-state index in [1.165, 1.54) is 0 Å². The van der Waals surface area contributed by atoms with Gasteiger partial charge in [0.25, 0.3) is 0 Å². The van der Waals surface area contributed by atoms with Crippen LogP contribution in [0.25, 0.3) is 0 Å². The number of carbonyl (C=O) groups excluding carboxylic acids is 1. The van der Waals surface area contributed by atoms with E-state index in [1.807, 2.05) is 12.1 Å². The molecule has 1 aromatic rings. The van der Waals surface area contributed by atoms with Crippen LogP contribution in [-0.2, 0) is 0 Å². The van der Waals surface area contributed by atoms with E-state index in [1.54, 1.807) is 6.07 Å². The Morgan fingerprint density at radius 1 is 1.26 bits per heavy atom. The van der Waals surface area contributed by atoms with Gasteiger partial charge in [0.15, 0.2) is 17.3 Å². The van der Waals surface area contributed by atoms with Gasteiger partial charge < -0.3 is 14.8 Å². The lowest BCUT2D eigenvalue weighted by Crippen LogP contribution is -2.25. The fourth-order valence-corrected chi connectivity index (χ4v) is 1.96. The molecule has 104 valence electrons. The Bertz CT molecular complexity index is 443. The van der Waals surface area contributed by atoms with Crippen molar-refractivity contribution in [1.82, 2.24) is 5.32 Å². The molecular weight excluding hydrogens is 242 g/mol. The van der Waals surface area contributed by atoms with Gasteiger partial charge in [0, 0.05) is 31.0 Å². The highest BCUT2D eigenvalue weighted by atomic mass is 16.5. The van der Waals surface area contributed by atoms with Gasteiger partial charge in [-0.3, -0.25) is 4.79 Å². The fourth-order valence-electron chi connectivity index (χ4n) is 1.96. The summed E-state index contributed by atoms with van der Waals surface area (Å²) in [4.78, 5) is 12.1. The molecule has 0 aliphatic carbocycles. The summed E-state index contributed by atoms with van der Waals surface area (Å²) in [5, 5.41) is 3.24. The highest BCUT2D eigenvalue weighted by Gasteiger charge is 2.13. The molecular formula is C15H21NO3. The Morgan fingerprint density at radius 3 is 2.74 bits per heavy atom. The zero-order valence-corrected chi connectivity index (χ0v) is 11.6.